The molecule has 0 saturated heterocycles. The predicted octanol–water partition coefficient (Wildman–Crippen LogP) is 4.67. The van der Waals surface area contributed by atoms with Gasteiger partial charge in [0.2, 0.25) is 5.91 Å². The molecule has 0 saturated carbocycles. The molecule has 1 N–H and O–H groups in total. The lowest BCUT2D eigenvalue weighted by Gasteiger charge is -2.10. The number of benzene rings is 2. The topological polar surface area (TPSA) is 55.1 Å². The summed E-state index contributed by atoms with van der Waals surface area (Å²) in [6.45, 7) is 3.91. The van der Waals surface area contributed by atoms with Crippen LogP contribution in [0.3, 0.4) is 0 Å². The summed E-state index contributed by atoms with van der Waals surface area (Å²) in [5.41, 5.74) is 3.24. The molecule has 0 atom stereocenters. The Balaban J connectivity index is 1.63. The van der Waals surface area contributed by atoms with Gasteiger partial charge in [-0.05, 0) is 37.1 Å². The van der Waals surface area contributed by atoms with E-state index in [0.717, 1.165) is 16.8 Å². The summed E-state index contributed by atoms with van der Waals surface area (Å²) in [6, 6.07) is 12.2. The number of amides is 1. The van der Waals surface area contributed by atoms with Crippen LogP contribution in [0, 0.1) is 19.7 Å². The molecule has 128 valence electrons. The van der Waals surface area contributed by atoms with Gasteiger partial charge in [0.15, 0.2) is 11.7 Å². The second-order valence-electron chi connectivity index (χ2n) is 5.91. The summed E-state index contributed by atoms with van der Waals surface area (Å²) in [6.07, 6.45) is 2.08. The normalized spacial score (nSPS) is 10.7. The second-order valence-corrected chi connectivity index (χ2v) is 5.91. The van der Waals surface area contributed by atoms with E-state index in [1.807, 2.05) is 32.0 Å². The van der Waals surface area contributed by atoms with Crippen LogP contribution in [0.15, 0.2) is 53.1 Å². The van der Waals surface area contributed by atoms with Crippen LogP contribution in [0.25, 0.3) is 11.3 Å². The molecule has 0 spiro atoms. The van der Waals surface area contributed by atoms with Gasteiger partial charge in [0.25, 0.3) is 0 Å². The lowest BCUT2D eigenvalue weighted by molar-refractivity contribution is -0.116. The highest BCUT2D eigenvalue weighted by Crippen LogP contribution is 2.24. The van der Waals surface area contributed by atoms with Crippen molar-refractivity contribution in [3.8, 4) is 11.3 Å². The van der Waals surface area contributed by atoms with E-state index >= 15 is 0 Å². The van der Waals surface area contributed by atoms with E-state index in [4.69, 9.17) is 4.42 Å². The molecular formula is C20H19FN2O2. The van der Waals surface area contributed by atoms with Gasteiger partial charge in [0.05, 0.1) is 11.8 Å². The Hall–Kier alpha value is -2.95. The predicted molar refractivity (Wildman–Crippen MR) is 94.8 cm³/mol. The van der Waals surface area contributed by atoms with Crippen LogP contribution < -0.4 is 5.32 Å². The number of rotatable bonds is 5. The molecule has 2 aromatic carbocycles. The highest BCUT2D eigenvalue weighted by molar-refractivity contribution is 5.92. The number of oxazole rings is 1. The summed E-state index contributed by atoms with van der Waals surface area (Å²) in [4.78, 5) is 16.3. The van der Waals surface area contributed by atoms with Gasteiger partial charge in [0, 0.05) is 18.5 Å². The Kier molecular flexibility index (Phi) is 4.93. The molecule has 0 aliphatic rings. The molecule has 3 rings (SSSR count). The number of para-hydroxylation sites is 1. The van der Waals surface area contributed by atoms with Crippen molar-refractivity contribution in [1.29, 1.82) is 0 Å². The fraction of sp³-hybridized carbons (Fsp3) is 0.200. The third kappa shape index (κ3) is 3.94. The van der Waals surface area contributed by atoms with Crippen LogP contribution in [-0.4, -0.2) is 10.9 Å². The van der Waals surface area contributed by atoms with Gasteiger partial charge < -0.3 is 9.73 Å². The first-order chi connectivity index (χ1) is 12.0. The van der Waals surface area contributed by atoms with Crippen LogP contribution in [0.4, 0.5) is 10.1 Å². The van der Waals surface area contributed by atoms with Crippen molar-refractivity contribution in [3.05, 3.63) is 71.5 Å². The molecule has 3 aromatic rings. The summed E-state index contributed by atoms with van der Waals surface area (Å²) < 4.78 is 19.3. The zero-order valence-electron chi connectivity index (χ0n) is 14.2. The van der Waals surface area contributed by atoms with E-state index in [9.17, 15) is 9.18 Å². The van der Waals surface area contributed by atoms with Gasteiger partial charge in [-0.25, -0.2) is 9.37 Å². The lowest BCUT2D eigenvalue weighted by atomic mass is 10.1. The van der Waals surface area contributed by atoms with E-state index < -0.39 is 0 Å². The van der Waals surface area contributed by atoms with Gasteiger partial charge >= 0.3 is 0 Å². The molecule has 0 aliphatic carbocycles. The smallest absolute Gasteiger partial charge is 0.224 e. The average molecular weight is 338 g/mol. The van der Waals surface area contributed by atoms with Crippen LogP contribution in [0.1, 0.15) is 23.4 Å². The number of hydrogen-bond donors (Lipinski definition) is 1. The van der Waals surface area contributed by atoms with Crippen molar-refractivity contribution in [2.24, 2.45) is 0 Å². The van der Waals surface area contributed by atoms with E-state index in [0.29, 0.717) is 23.6 Å². The van der Waals surface area contributed by atoms with Crippen LogP contribution >= 0.6 is 0 Å². The molecule has 5 heteroatoms. The Labute approximate surface area is 145 Å². The molecule has 0 fully saturated rings. The molecule has 0 aliphatic heterocycles. The van der Waals surface area contributed by atoms with E-state index in [-0.39, 0.29) is 18.1 Å². The number of anilines is 1. The first kappa shape index (κ1) is 16.9. The van der Waals surface area contributed by atoms with Gasteiger partial charge in [-0.2, -0.15) is 0 Å². The number of carbonyl (C=O) groups is 1. The number of halogens is 1. The van der Waals surface area contributed by atoms with Crippen molar-refractivity contribution in [2.75, 3.05) is 5.32 Å². The number of aromatic nitrogens is 1. The molecule has 0 bridgehead atoms. The van der Waals surface area contributed by atoms with E-state index in [1.165, 1.54) is 12.3 Å². The molecule has 25 heavy (non-hydrogen) atoms. The third-order valence-electron chi connectivity index (χ3n) is 4.00. The summed E-state index contributed by atoms with van der Waals surface area (Å²) >= 11 is 0. The van der Waals surface area contributed by atoms with Crippen molar-refractivity contribution in [2.45, 2.75) is 26.7 Å². The quantitative estimate of drug-likeness (QED) is 0.735. The minimum atomic E-state index is -0.363. The van der Waals surface area contributed by atoms with Gasteiger partial charge in [-0.3, -0.25) is 4.79 Å². The Morgan fingerprint density at radius 1 is 1.12 bits per heavy atom. The molecule has 0 unspecified atom stereocenters. The fourth-order valence-electron chi connectivity index (χ4n) is 2.65. The maximum atomic E-state index is 13.8. The number of aryl methyl sites for hydroxylation is 3. The molecular weight excluding hydrogens is 319 g/mol. The minimum absolute atomic E-state index is 0.108. The average Bonchev–Trinajstić information content (AvgIpc) is 3.06. The third-order valence-corrected chi connectivity index (χ3v) is 4.00. The number of carbonyl (C=O) groups excluding carboxylic acids is 1. The van der Waals surface area contributed by atoms with Gasteiger partial charge in [0.1, 0.15) is 5.82 Å². The zero-order valence-corrected chi connectivity index (χ0v) is 14.2. The highest BCUT2D eigenvalue weighted by Gasteiger charge is 2.12. The maximum Gasteiger partial charge on any atom is 0.224 e. The van der Waals surface area contributed by atoms with Crippen molar-refractivity contribution in [3.63, 3.8) is 0 Å². The Morgan fingerprint density at radius 3 is 2.56 bits per heavy atom. The zero-order chi connectivity index (χ0) is 17.8. The molecule has 1 heterocycles. The summed E-state index contributed by atoms with van der Waals surface area (Å²) in [7, 11) is 0. The molecule has 0 radical (unpaired) electrons. The first-order valence-corrected chi connectivity index (χ1v) is 8.10. The standard InChI is InChI=1S/C20H19FN2O2/c1-13-6-5-7-14(2)20(13)23-18(24)10-11-19-22-12-17(25-19)15-8-3-4-9-16(15)21/h3-9,12H,10-11H2,1-2H3,(H,23,24). The van der Waals surface area contributed by atoms with Crippen molar-refractivity contribution in [1.82, 2.24) is 4.98 Å². The Morgan fingerprint density at radius 2 is 1.84 bits per heavy atom. The Bertz CT molecular complexity index is 882. The fourth-order valence-corrected chi connectivity index (χ4v) is 2.65. The van der Waals surface area contributed by atoms with Crippen molar-refractivity contribution >= 4 is 11.6 Å². The largest absolute Gasteiger partial charge is 0.441 e. The number of nitrogens with one attached hydrogen (secondary N) is 1. The first-order valence-electron chi connectivity index (χ1n) is 8.10. The van der Waals surface area contributed by atoms with E-state index in [2.05, 4.69) is 10.3 Å². The molecule has 1 amide bonds. The maximum absolute atomic E-state index is 13.8. The lowest BCUT2D eigenvalue weighted by Crippen LogP contribution is -2.14. The van der Waals surface area contributed by atoms with Crippen LogP contribution in [0.5, 0.6) is 0 Å². The summed E-state index contributed by atoms with van der Waals surface area (Å²) in [5, 5.41) is 2.93. The SMILES string of the molecule is Cc1cccc(C)c1NC(=O)CCc1ncc(-c2ccccc2F)o1. The molecule has 4 nitrogen and oxygen atoms in total. The second kappa shape index (κ2) is 7.30. The van der Waals surface area contributed by atoms with Gasteiger partial charge in [-0.15, -0.1) is 0 Å². The highest BCUT2D eigenvalue weighted by atomic mass is 19.1. The van der Waals surface area contributed by atoms with Crippen LogP contribution in [-0.2, 0) is 11.2 Å². The monoisotopic (exact) mass is 338 g/mol. The van der Waals surface area contributed by atoms with Gasteiger partial charge in [-0.1, -0.05) is 30.3 Å². The summed E-state index contributed by atoms with van der Waals surface area (Å²) in [5.74, 6) is 0.305. The van der Waals surface area contributed by atoms with E-state index in [1.54, 1.807) is 18.2 Å². The number of hydrogen-bond acceptors (Lipinski definition) is 3. The number of nitrogens with zero attached hydrogens (tertiary/aromatic N) is 1. The minimum Gasteiger partial charge on any atom is -0.441 e. The molecule has 1 aromatic heterocycles. The van der Waals surface area contributed by atoms with Crippen LogP contribution in [0.2, 0.25) is 0 Å². The van der Waals surface area contributed by atoms with Crippen molar-refractivity contribution < 1.29 is 13.6 Å².